The Kier molecular flexibility index (Phi) is 2.03. The molecule has 0 amide bonds. The monoisotopic (exact) mass is 198 g/mol. The molecule has 0 heterocycles. The van der Waals surface area contributed by atoms with Gasteiger partial charge >= 0.3 is 0 Å². The van der Waals surface area contributed by atoms with Crippen LogP contribution in [0.2, 0.25) is 0 Å². The molecule has 1 nitrogen and oxygen atoms in total. The first-order valence-corrected chi connectivity index (χ1v) is 5.42. The van der Waals surface area contributed by atoms with Crippen LogP contribution >= 0.6 is 0 Å². The van der Waals surface area contributed by atoms with Gasteiger partial charge in [0.1, 0.15) is 5.75 Å². The van der Waals surface area contributed by atoms with Crippen LogP contribution in [0.25, 0.3) is 10.8 Å². The lowest BCUT2D eigenvalue weighted by atomic mass is 10.0. The third-order valence-corrected chi connectivity index (χ3v) is 3.12. The topological polar surface area (TPSA) is 20.2 Å². The first-order chi connectivity index (χ1) is 6.74. The van der Waals surface area contributed by atoms with Crippen molar-refractivity contribution in [2.24, 2.45) is 0 Å². The summed E-state index contributed by atoms with van der Waals surface area (Å²) in [5.74, 6) is 2.83. The number of hydrogen-bond donors (Lipinski definition) is 1. The molecule has 2 aromatic carbocycles. The van der Waals surface area contributed by atoms with Crippen molar-refractivity contribution in [1.29, 1.82) is 0 Å². The molecule has 14 heavy (non-hydrogen) atoms. The normalized spacial score (nSPS) is 10.2. The van der Waals surface area contributed by atoms with Crippen LogP contribution in [0.5, 0.6) is 5.75 Å². The number of phenols is 1. The average molecular weight is 198 g/mol. The van der Waals surface area contributed by atoms with Crippen molar-refractivity contribution in [2.75, 3.05) is 0 Å². The summed E-state index contributed by atoms with van der Waals surface area (Å²) in [5, 5.41) is 12.8. The molecule has 0 fully saturated rings. The second-order valence-electron chi connectivity index (χ2n) is 3.28. The molecule has 2 heteroatoms. The fourth-order valence-corrected chi connectivity index (χ4v) is 2.18. The number of hydrogen-bond acceptors (Lipinski definition) is 1. The van der Waals surface area contributed by atoms with E-state index in [1.165, 1.54) is 0 Å². The summed E-state index contributed by atoms with van der Waals surface area (Å²) in [6.07, 6.45) is 5.39. The molecule has 0 atom stereocenters. The highest BCUT2D eigenvalue weighted by Crippen LogP contribution is 2.23. The Morgan fingerprint density at radius 1 is 1.29 bits per heavy atom. The molecular formula is C12H10OSi. The highest BCUT2D eigenvalue weighted by atomic mass is 28.1. The molecule has 0 unspecified atom stereocenters. The molecule has 0 bridgehead atoms. The zero-order valence-corrected chi connectivity index (χ0v) is 9.91. The van der Waals surface area contributed by atoms with E-state index < -0.39 is 0 Å². The smallest absolute Gasteiger partial charge is 0.130 e. The van der Waals surface area contributed by atoms with Gasteiger partial charge in [-0.2, -0.15) is 0 Å². The van der Waals surface area contributed by atoms with Crippen LogP contribution in [-0.2, 0) is 0 Å². The first-order valence-electron chi connectivity index (χ1n) is 4.42. The van der Waals surface area contributed by atoms with E-state index in [1.54, 1.807) is 0 Å². The van der Waals surface area contributed by atoms with Crippen LogP contribution in [0.3, 0.4) is 0 Å². The van der Waals surface area contributed by atoms with E-state index in [1.807, 2.05) is 30.3 Å². The van der Waals surface area contributed by atoms with Gasteiger partial charge in [0.25, 0.3) is 0 Å². The molecule has 0 spiro atoms. The predicted molar refractivity (Wildman–Crippen MR) is 63.1 cm³/mol. The fraction of sp³-hybridized carbons (Fsp3) is 0. The number of aromatic hydroxyl groups is 1. The quantitative estimate of drug-likeness (QED) is 0.483. The Bertz CT molecular complexity index is 538. The van der Waals surface area contributed by atoms with Crippen LogP contribution in [-0.4, -0.2) is 15.3 Å². The van der Waals surface area contributed by atoms with Crippen LogP contribution < -0.4 is 5.19 Å². The maximum atomic E-state index is 9.79. The van der Waals surface area contributed by atoms with Gasteiger partial charge in [0.05, 0.1) is 5.56 Å². The first kappa shape index (κ1) is 8.86. The summed E-state index contributed by atoms with van der Waals surface area (Å²) in [6, 6.07) is 9.84. The predicted octanol–water partition coefficient (Wildman–Crippen LogP) is 0.517. The SMILES string of the molecule is C#Cc1c(O)c([SiH3])cc2ccccc12. The third-order valence-electron chi connectivity index (χ3n) is 2.36. The summed E-state index contributed by atoms with van der Waals surface area (Å²) >= 11 is 0. The Morgan fingerprint density at radius 2 is 2.00 bits per heavy atom. The maximum Gasteiger partial charge on any atom is 0.130 e. The summed E-state index contributed by atoms with van der Waals surface area (Å²) < 4.78 is 0. The minimum Gasteiger partial charge on any atom is -0.507 e. The average Bonchev–Trinajstić information content (AvgIpc) is 2.20. The van der Waals surface area contributed by atoms with Gasteiger partial charge in [-0.3, -0.25) is 0 Å². The van der Waals surface area contributed by atoms with Crippen molar-refractivity contribution in [3.8, 4) is 18.1 Å². The van der Waals surface area contributed by atoms with E-state index in [0.29, 0.717) is 5.56 Å². The number of benzene rings is 2. The van der Waals surface area contributed by atoms with Crippen molar-refractivity contribution < 1.29 is 5.11 Å². The lowest BCUT2D eigenvalue weighted by Gasteiger charge is -2.06. The second-order valence-corrected chi connectivity index (χ2v) is 4.36. The number of rotatable bonds is 0. The lowest BCUT2D eigenvalue weighted by Crippen LogP contribution is -2.04. The molecule has 2 rings (SSSR count). The van der Waals surface area contributed by atoms with Gasteiger partial charge in [0, 0.05) is 15.6 Å². The van der Waals surface area contributed by atoms with Crippen molar-refractivity contribution in [3.05, 3.63) is 35.9 Å². The van der Waals surface area contributed by atoms with Gasteiger partial charge in [-0.15, -0.1) is 6.42 Å². The van der Waals surface area contributed by atoms with Gasteiger partial charge in [0.15, 0.2) is 0 Å². The highest BCUT2D eigenvalue weighted by Gasteiger charge is 2.06. The van der Waals surface area contributed by atoms with E-state index in [2.05, 4.69) is 5.92 Å². The molecule has 0 aromatic heterocycles. The van der Waals surface area contributed by atoms with E-state index in [-0.39, 0.29) is 5.75 Å². The van der Waals surface area contributed by atoms with E-state index >= 15 is 0 Å². The van der Waals surface area contributed by atoms with Crippen LogP contribution in [0.15, 0.2) is 30.3 Å². The van der Waals surface area contributed by atoms with E-state index in [9.17, 15) is 5.11 Å². The summed E-state index contributed by atoms with van der Waals surface area (Å²) in [5.41, 5.74) is 0.619. The van der Waals surface area contributed by atoms with Crippen molar-refractivity contribution in [1.82, 2.24) is 0 Å². The molecule has 0 saturated carbocycles. The Labute approximate surface area is 85.8 Å². The minimum atomic E-state index is 0.276. The Balaban J connectivity index is 2.98. The number of fused-ring (bicyclic) bond motifs is 1. The zero-order chi connectivity index (χ0) is 10.1. The Hall–Kier alpha value is -1.72. The van der Waals surface area contributed by atoms with Gasteiger partial charge in [0.2, 0.25) is 0 Å². The van der Waals surface area contributed by atoms with Gasteiger partial charge in [-0.05, 0) is 10.6 Å². The van der Waals surface area contributed by atoms with Crippen LogP contribution in [0.4, 0.5) is 0 Å². The molecule has 0 radical (unpaired) electrons. The number of phenolic OH excluding ortho intramolecular Hbond substituents is 1. The van der Waals surface area contributed by atoms with Crippen molar-refractivity contribution in [3.63, 3.8) is 0 Å². The van der Waals surface area contributed by atoms with E-state index in [0.717, 1.165) is 26.2 Å². The van der Waals surface area contributed by atoms with Gasteiger partial charge in [-0.25, -0.2) is 0 Å². The molecule has 2 aromatic rings. The molecule has 0 aliphatic carbocycles. The second kappa shape index (κ2) is 3.21. The lowest BCUT2D eigenvalue weighted by molar-refractivity contribution is 0.479. The zero-order valence-electron chi connectivity index (χ0n) is 7.91. The minimum absolute atomic E-state index is 0.276. The summed E-state index contributed by atoms with van der Waals surface area (Å²) in [4.78, 5) is 0. The summed E-state index contributed by atoms with van der Waals surface area (Å²) in [6.45, 7) is 0. The largest absolute Gasteiger partial charge is 0.507 e. The molecule has 0 aliphatic heterocycles. The van der Waals surface area contributed by atoms with E-state index in [4.69, 9.17) is 6.42 Å². The van der Waals surface area contributed by atoms with Gasteiger partial charge in [-0.1, -0.05) is 36.3 Å². The van der Waals surface area contributed by atoms with Crippen LogP contribution in [0.1, 0.15) is 5.56 Å². The van der Waals surface area contributed by atoms with Crippen LogP contribution in [0, 0.1) is 12.3 Å². The van der Waals surface area contributed by atoms with Crippen molar-refractivity contribution in [2.45, 2.75) is 0 Å². The number of terminal acetylenes is 1. The fourth-order valence-electron chi connectivity index (χ4n) is 1.62. The standard InChI is InChI=1S/C12H10OSi/c1-2-9-10-6-4-3-5-8(10)7-11(14)12(9)13/h1,3-7,13H,14H3. The Morgan fingerprint density at radius 3 is 2.71 bits per heavy atom. The molecule has 0 aliphatic rings. The molecule has 0 saturated heterocycles. The molecular weight excluding hydrogens is 188 g/mol. The summed E-state index contributed by atoms with van der Waals surface area (Å²) in [7, 11) is 0.803. The maximum absolute atomic E-state index is 9.79. The molecule has 1 N–H and O–H groups in total. The molecule has 68 valence electrons. The third kappa shape index (κ3) is 1.19. The van der Waals surface area contributed by atoms with Gasteiger partial charge < -0.3 is 5.11 Å². The highest BCUT2D eigenvalue weighted by molar-refractivity contribution is 6.35. The van der Waals surface area contributed by atoms with Crippen molar-refractivity contribution >= 4 is 26.2 Å².